The van der Waals surface area contributed by atoms with Crippen molar-refractivity contribution in [3.63, 3.8) is 0 Å². The first-order valence-corrected chi connectivity index (χ1v) is 16.1. The van der Waals surface area contributed by atoms with E-state index >= 15 is 8.78 Å². The second-order valence-corrected chi connectivity index (χ2v) is 13.3. The van der Waals surface area contributed by atoms with E-state index in [0.29, 0.717) is 24.7 Å². The third-order valence-corrected chi connectivity index (χ3v) is 9.71. The Hall–Kier alpha value is -4.74. The van der Waals surface area contributed by atoms with Crippen molar-refractivity contribution in [2.75, 3.05) is 10.6 Å². The van der Waals surface area contributed by atoms with E-state index in [4.69, 9.17) is 11.6 Å². The summed E-state index contributed by atoms with van der Waals surface area (Å²) in [6.07, 6.45) is 5.16. The standard InChI is InChI=1S/C31H26ClF3N8O2S/c1-16-6-8-22(9-7-16)46(44,45)43-15-24(23-10-19(33)11-25(34)27(23)43)29-38-17(2)26(35)30(41-29)40-21-5-3-4-20(12-21)39-28-18(13-36)14-37-31(32)42-28/h6-11,14-15,20-21H,3-5,12H2,1-2H3,(H,37,39,42)(H,38,40,41). The van der Waals surface area contributed by atoms with Crippen molar-refractivity contribution < 1.29 is 21.6 Å². The average molecular weight is 667 g/mol. The zero-order valence-electron chi connectivity index (χ0n) is 24.5. The predicted molar refractivity (Wildman–Crippen MR) is 166 cm³/mol. The van der Waals surface area contributed by atoms with Crippen LogP contribution in [0.3, 0.4) is 0 Å². The number of nitriles is 1. The summed E-state index contributed by atoms with van der Waals surface area (Å²) in [5.74, 6) is -2.71. The van der Waals surface area contributed by atoms with Crippen molar-refractivity contribution in [3.8, 4) is 17.5 Å². The molecular weight excluding hydrogens is 641 g/mol. The van der Waals surface area contributed by atoms with Gasteiger partial charge in [-0.25, -0.2) is 40.5 Å². The fourth-order valence-electron chi connectivity index (χ4n) is 5.60. The number of fused-ring (bicyclic) bond motifs is 1. The normalized spacial score (nSPS) is 16.7. The molecule has 0 radical (unpaired) electrons. The number of halogens is 4. The highest BCUT2D eigenvalue weighted by Gasteiger charge is 2.28. The Labute approximate surface area is 267 Å². The highest BCUT2D eigenvalue weighted by Crippen LogP contribution is 2.35. The van der Waals surface area contributed by atoms with Crippen LogP contribution in [0, 0.1) is 42.6 Å². The van der Waals surface area contributed by atoms with Crippen LogP contribution >= 0.6 is 11.6 Å². The number of aromatic nitrogens is 5. The lowest BCUT2D eigenvalue weighted by molar-refractivity contribution is 0.424. The SMILES string of the molecule is Cc1ccc(S(=O)(=O)n2cc(-c3nc(C)c(F)c(NC4CCCC(Nc5nc(Cl)ncc5C#N)C4)n3)c3cc(F)cc(F)c32)cc1. The van der Waals surface area contributed by atoms with Gasteiger partial charge < -0.3 is 10.6 Å². The molecular formula is C31H26ClF3N8O2S. The van der Waals surface area contributed by atoms with Gasteiger partial charge in [0.15, 0.2) is 23.3 Å². The first-order valence-electron chi connectivity index (χ1n) is 14.3. The van der Waals surface area contributed by atoms with Crippen molar-refractivity contribution in [2.24, 2.45) is 0 Å². The Morgan fingerprint density at radius 2 is 1.70 bits per heavy atom. The van der Waals surface area contributed by atoms with Gasteiger partial charge >= 0.3 is 0 Å². The molecule has 2 atom stereocenters. The number of hydrogen-bond acceptors (Lipinski definition) is 9. The summed E-state index contributed by atoms with van der Waals surface area (Å²) in [5.41, 5.74) is 0.623. The van der Waals surface area contributed by atoms with Crippen molar-refractivity contribution >= 4 is 44.2 Å². The van der Waals surface area contributed by atoms with Crippen LogP contribution in [0.15, 0.2) is 53.7 Å². The first kappa shape index (κ1) is 31.3. The zero-order chi connectivity index (χ0) is 32.7. The maximum Gasteiger partial charge on any atom is 0.268 e. The lowest BCUT2D eigenvalue weighted by atomic mass is 9.91. The molecule has 3 heterocycles. The molecule has 2 unspecified atom stereocenters. The second kappa shape index (κ2) is 12.2. The summed E-state index contributed by atoms with van der Waals surface area (Å²) >= 11 is 5.93. The van der Waals surface area contributed by atoms with E-state index in [1.165, 1.54) is 25.3 Å². The van der Waals surface area contributed by atoms with Gasteiger partial charge in [0.1, 0.15) is 28.8 Å². The van der Waals surface area contributed by atoms with Crippen molar-refractivity contribution in [3.05, 3.63) is 88.3 Å². The molecule has 0 aliphatic heterocycles. The van der Waals surface area contributed by atoms with Crippen molar-refractivity contribution in [2.45, 2.75) is 56.5 Å². The van der Waals surface area contributed by atoms with Gasteiger partial charge in [-0.1, -0.05) is 17.7 Å². The molecule has 0 amide bonds. The summed E-state index contributed by atoms with van der Waals surface area (Å²) < 4.78 is 73.3. The van der Waals surface area contributed by atoms with Gasteiger partial charge in [-0.2, -0.15) is 10.2 Å². The number of nitrogens with zero attached hydrogens (tertiary/aromatic N) is 6. The van der Waals surface area contributed by atoms with E-state index in [-0.39, 0.29) is 61.6 Å². The van der Waals surface area contributed by atoms with Crippen molar-refractivity contribution in [1.29, 1.82) is 5.26 Å². The molecule has 6 rings (SSSR count). The third kappa shape index (κ3) is 5.95. The van der Waals surface area contributed by atoms with E-state index in [0.717, 1.165) is 34.6 Å². The molecule has 1 aliphatic rings. The van der Waals surface area contributed by atoms with Crippen LogP contribution in [0.1, 0.15) is 42.5 Å². The number of benzene rings is 2. The van der Waals surface area contributed by atoms with Gasteiger partial charge in [-0.05, 0) is 69.3 Å². The fraction of sp³-hybridized carbons (Fsp3) is 0.258. The number of rotatable bonds is 7. The van der Waals surface area contributed by atoms with Gasteiger partial charge in [0, 0.05) is 35.3 Å². The molecule has 0 saturated heterocycles. The Kier molecular flexibility index (Phi) is 8.30. The molecule has 1 saturated carbocycles. The molecule has 46 heavy (non-hydrogen) atoms. The number of aryl methyl sites for hydroxylation is 2. The van der Waals surface area contributed by atoms with Crippen LogP contribution < -0.4 is 10.6 Å². The smallest absolute Gasteiger partial charge is 0.268 e. The van der Waals surface area contributed by atoms with Crippen LogP contribution in [-0.2, 0) is 10.0 Å². The van der Waals surface area contributed by atoms with Crippen LogP contribution in [0.2, 0.25) is 5.28 Å². The topological polar surface area (TPSA) is 138 Å². The van der Waals surface area contributed by atoms with Crippen LogP contribution in [0.5, 0.6) is 0 Å². The summed E-state index contributed by atoms with van der Waals surface area (Å²) in [5, 5.41) is 15.7. The third-order valence-electron chi connectivity index (χ3n) is 7.86. The molecule has 0 bridgehead atoms. The Morgan fingerprint density at radius 1 is 1.00 bits per heavy atom. The van der Waals surface area contributed by atoms with Gasteiger partial charge in [-0.3, -0.25) is 0 Å². The van der Waals surface area contributed by atoms with Gasteiger partial charge in [0.25, 0.3) is 10.0 Å². The Bertz CT molecular complexity index is 2140. The molecule has 1 aliphatic carbocycles. The van der Waals surface area contributed by atoms with E-state index in [1.807, 2.05) is 6.07 Å². The lowest BCUT2D eigenvalue weighted by Gasteiger charge is -2.31. The molecule has 15 heteroatoms. The van der Waals surface area contributed by atoms with E-state index in [2.05, 4.69) is 30.6 Å². The molecule has 10 nitrogen and oxygen atoms in total. The molecule has 236 valence electrons. The summed E-state index contributed by atoms with van der Waals surface area (Å²) in [6.45, 7) is 3.22. The molecule has 2 N–H and O–H groups in total. The maximum absolute atomic E-state index is 15.4. The fourth-order valence-corrected chi connectivity index (χ4v) is 7.11. The van der Waals surface area contributed by atoms with Gasteiger partial charge in [-0.15, -0.1) is 0 Å². The van der Waals surface area contributed by atoms with E-state index in [1.54, 1.807) is 19.1 Å². The average Bonchev–Trinajstić information content (AvgIpc) is 3.41. The molecule has 5 aromatic rings. The number of anilines is 2. The summed E-state index contributed by atoms with van der Waals surface area (Å²) in [7, 11) is -4.33. The van der Waals surface area contributed by atoms with Crippen LogP contribution in [0.4, 0.5) is 24.8 Å². The first-order chi connectivity index (χ1) is 21.9. The van der Waals surface area contributed by atoms with Crippen molar-refractivity contribution in [1.82, 2.24) is 23.9 Å². The number of hydrogen-bond donors (Lipinski definition) is 2. The van der Waals surface area contributed by atoms with E-state index < -0.39 is 27.5 Å². The van der Waals surface area contributed by atoms with E-state index in [9.17, 15) is 18.1 Å². The number of nitrogens with one attached hydrogen (secondary N) is 2. The largest absolute Gasteiger partial charge is 0.366 e. The lowest BCUT2D eigenvalue weighted by Crippen LogP contribution is -2.35. The quantitative estimate of drug-likeness (QED) is 0.186. The van der Waals surface area contributed by atoms with Gasteiger partial charge in [0.05, 0.1) is 16.8 Å². The van der Waals surface area contributed by atoms with Gasteiger partial charge in [0.2, 0.25) is 5.28 Å². The maximum atomic E-state index is 15.4. The molecule has 0 spiro atoms. The highest BCUT2D eigenvalue weighted by molar-refractivity contribution is 7.90. The van der Waals surface area contributed by atoms with Crippen LogP contribution in [0.25, 0.3) is 22.3 Å². The minimum atomic E-state index is -4.33. The van der Waals surface area contributed by atoms with Crippen LogP contribution in [-0.4, -0.2) is 44.4 Å². The second-order valence-electron chi connectivity index (χ2n) is 11.1. The Balaban J connectivity index is 1.36. The molecule has 3 aromatic heterocycles. The molecule has 2 aromatic carbocycles. The summed E-state index contributed by atoms with van der Waals surface area (Å²) in [4.78, 5) is 16.5. The minimum Gasteiger partial charge on any atom is -0.366 e. The summed E-state index contributed by atoms with van der Waals surface area (Å²) in [6, 6.07) is 9.23. The highest BCUT2D eigenvalue weighted by atomic mass is 35.5. The molecule has 1 fully saturated rings. The predicted octanol–water partition coefficient (Wildman–Crippen LogP) is 6.52. The zero-order valence-corrected chi connectivity index (χ0v) is 26.1. The monoisotopic (exact) mass is 666 g/mol. The Morgan fingerprint density at radius 3 is 2.39 bits per heavy atom. The minimum absolute atomic E-state index is 0.00287.